The van der Waals surface area contributed by atoms with Crippen molar-refractivity contribution in [3.63, 3.8) is 0 Å². The Kier molecular flexibility index (Phi) is 7.49. The Morgan fingerprint density at radius 3 is 2.46 bits per heavy atom. The number of para-hydroxylation sites is 1. The topological polar surface area (TPSA) is 109 Å². The number of halogens is 4. The van der Waals surface area contributed by atoms with E-state index in [1.54, 1.807) is 36.4 Å². The van der Waals surface area contributed by atoms with Crippen molar-refractivity contribution < 1.29 is 32.3 Å². The van der Waals surface area contributed by atoms with Crippen LogP contribution in [0.5, 0.6) is 5.75 Å². The molecule has 3 heterocycles. The van der Waals surface area contributed by atoms with Gasteiger partial charge in [-0.15, -0.1) is 11.8 Å². The number of hydrogen-bond acceptors (Lipinski definition) is 7. The number of fused-ring (bicyclic) bond motifs is 9. The molecule has 4 aliphatic rings. The first kappa shape index (κ1) is 31.2. The number of aromatic amines is 1. The Labute approximate surface area is 284 Å². The van der Waals surface area contributed by atoms with Gasteiger partial charge >= 0.3 is 11.0 Å². The number of thioether (sulfide) groups is 1. The van der Waals surface area contributed by atoms with Crippen LogP contribution in [0.15, 0.2) is 82.6 Å². The van der Waals surface area contributed by atoms with Crippen LogP contribution in [0.3, 0.4) is 0 Å². The van der Waals surface area contributed by atoms with Crippen molar-refractivity contribution in [2.24, 2.45) is 29.6 Å². The Hall–Kier alpha value is -4.07. The highest BCUT2D eigenvalue weighted by molar-refractivity contribution is 8.00. The highest BCUT2D eigenvalue weighted by atomic mass is 35.5. The minimum Gasteiger partial charge on any atom is -0.483 e. The molecule has 0 unspecified atom stereocenters. The number of imide groups is 1. The lowest BCUT2D eigenvalue weighted by Crippen LogP contribution is -2.42. The first-order valence-corrected chi connectivity index (χ1v) is 17.3. The Balaban J connectivity index is 1.12. The van der Waals surface area contributed by atoms with Gasteiger partial charge in [0.1, 0.15) is 5.75 Å². The lowest BCUT2D eigenvalue weighted by molar-refractivity contribution is -0.137. The van der Waals surface area contributed by atoms with Gasteiger partial charge in [0.15, 0.2) is 6.61 Å². The SMILES string of the molecule is O=C(COc1ccccc1[C@@H]1c2sc(=O)[nH]c2S[C@@H]2[C@@H]3C[C@@H]([C@@H]4C(=O)N(c5cccc(C(F)(F)F)c5)C(=O)[C@@H]34)[C@H]12)Nc1ccc(Cl)cc1. The lowest BCUT2D eigenvalue weighted by Gasteiger charge is -2.43. The van der Waals surface area contributed by atoms with Crippen LogP contribution in [-0.2, 0) is 20.6 Å². The summed E-state index contributed by atoms with van der Waals surface area (Å²) < 4.78 is 46.7. The number of amides is 3. The Morgan fingerprint density at radius 1 is 0.979 bits per heavy atom. The molecule has 48 heavy (non-hydrogen) atoms. The monoisotopic (exact) mass is 711 g/mol. The van der Waals surface area contributed by atoms with Gasteiger partial charge in [-0.1, -0.05) is 47.2 Å². The minimum atomic E-state index is -4.63. The van der Waals surface area contributed by atoms with Crippen molar-refractivity contribution in [2.45, 2.75) is 28.8 Å². The van der Waals surface area contributed by atoms with Crippen molar-refractivity contribution in [1.29, 1.82) is 0 Å². The molecule has 246 valence electrons. The number of nitrogens with zero attached hydrogens (tertiary/aromatic N) is 1. The zero-order valence-corrected chi connectivity index (χ0v) is 27.1. The molecule has 3 fully saturated rings. The second kappa shape index (κ2) is 11.5. The van der Waals surface area contributed by atoms with E-state index < -0.39 is 35.4 Å². The number of carbonyl (C=O) groups is 3. The molecule has 0 spiro atoms. The molecule has 2 bridgehead atoms. The molecule has 2 aliphatic heterocycles. The molecule has 1 saturated heterocycles. The van der Waals surface area contributed by atoms with Gasteiger partial charge < -0.3 is 15.0 Å². The summed E-state index contributed by atoms with van der Waals surface area (Å²) in [6.07, 6.45) is -4.02. The number of H-pyrrole nitrogens is 1. The molecule has 3 aromatic carbocycles. The predicted molar refractivity (Wildman–Crippen MR) is 174 cm³/mol. The molecule has 0 radical (unpaired) electrons. The maximum atomic E-state index is 14.0. The second-order valence-corrected chi connectivity index (χ2v) is 15.0. The van der Waals surface area contributed by atoms with Gasteiger partial charge in [0.05, 0.1) is 28.1 Å². The van der Waals surface area contributed by atoms with Crippen LogP contribution < -0.4 is 19.8 Å². The Morgan fingerprint density at radius 2 is 1.71 bits per heavy atom. The standard InChI is InChI=1S/C34H25ClF3N3O5S2/c35-16-8-10-17(11-9-16)39-23(42)14-46-22-7-2-1-6-19(22)24-25-20-13-21(28(25)47-30-29(24)48-33(45)40-30)27-26(20)31(43)41(32(27)44)18-5-3-4-15(12-18)34(36,37)38/h1-12,20-21,24-28H,13-14H2,(H,39,42)(H,40,45)/t20-,21-,24+,25-,26+,27+,28-/m1/s1. The van der Waals surface area contributed by atoms with Crippen molar-refractivity contribution in [2.75, 3.05) is 16.8 Å². The maximum absolute atomic E-state index is 14.0. The molecule has 7 atom stereocenters. The van der Waals surface area contributed by atoms with E-state index in [2.05, 4.69) is 10.3 Å². The number of rotatable bonds is 6. The first-order chi connectivity index (χ1) is 23.0. The number of nitrogens with one attached hydrogen (secondary N) is 2. The van der Waals surface area contributed by atoms with Crippen LogP contribution in [0.1, 0.15) is 28.3 Å². The fraction of sp³-hybridized carbons (Fsp3) is 0.294. The predicted octanol–water partition coefficient (Wildman–Crippen LogP) is 6.80. The van der Waals surface area contributed by atoms with E-state index in [4.69, 9.17) is 16.3 Å². The summed E-state index contributed by atoms with van der Waals surface area (Å²) >= 11 is 8.53. The number of thiazole rings is 1. The van der Waals surface area contributed by atoms with Crippen molar-refractivity contribution in [3.8, 4) is 5.75 Å². The molecule has 8 rings (SSSR count). The number of aromatic nitrogens is 1. The van der Waals surface area contributed by atoms with E-state index in [1.165, 1.54) is 23.9 Å². The number of ether oxygens (including phenoxy) is 1. The van der Waals surface area contributed by atoms with Crippen molar-refractivity contribution in [3.05, 3.63) is 103 Å². The summed E-state index contributed by atoms with van der Waals surface area (Å²) in [4.78, 5) is 57.8. The molecule has 2 aliphatic carbocycles. The first-order valence-electron chi connectivity index (χ1n) is 15.2. The summed E-state index contributed by atoms with van der Waals surface area (Å²) in [5.74, 6) is -3.31. The average Bonchev–Trinajstić information content (AvgIpc) is 3.79. The van der Waals surface area contributed by atoms with Gasteiger partial charge in [-0.2, -0.15) is 13.2 Å². The fourth-order valence-corrected chi connectivity index (χ4v) is 11.2. The molecular weight excluding hydrogens is 687 g/mol. The van der Waals surface area contributed by atoms with Crippen LogP contribution in [0.25, 0.3) is 0 Å². The highest BCUT2D eigenvalue weighted by Gasteiger charge is 2.70. The zero-order chi connectivity index (χ0) is 33.5. The van der Waals surface area contributed by atoms with Crippen LogP contribution in [0, 0.1) is 29.6 Å². The quantitative estimate of drug-likeness (QED) is 0.213. The van der Waals surface area contributed by atoms with Gasteiger partial charge in [-0.3, -0.25) is 24.1 Å². The number of benzene rings is 3. The smallest absolute Gasteiger partial charge is 0.416 e. The van der Waals surface area contributed by atoms with Crippen LogP contribution in [0.4, 0.5) is 24.5 Å². The van der Waals surface area contributed by atoms with E-state index in [0.29, 0.717) is 27.9 Å². The van der Waals surface area contributed by atoms with Gasteiger partial charge in [0.25, 0.3) is 5.91 Å². The summed E-state index contributed by atoms with van der Waals surface area (Å²) in [5, 5.41) is 3.86. The normalized spacial score (nSPS) is 27.1. The van der Waals surface area contributed by atoms with Crippen LogP contribution in [0.2, 0.25) is 5.02 Å². The summed E-state index contributed by atoms with van der Waals surface area (Å²) in [6, 6.07) is 18.3. The molecule has 3 amide bonds. The molecule has 2 saturated carbocycles. The van der Waals surface area contributed by atoms with E-state index in [1.807, 2.05) is 12.1 Å². The minimum absolute atomic E-state index is 0.0835. The molecule has 4 aromatic rings. The maximum Gasteiger partial charge on any atom is 0.416 e. The zero-order valence-electron chi connectivity index (χ0n) is 24.7. The van der Waals surface area contributed by atoms with E-state index in [0.717, 1.165) is 38.8 Å². The number of carbonyl (C=O) groups excluding carboxylic acids is 3. The number of hydrogen-bond donors (Lipinski definition) is 2. The van der Waals surface area contributed by atoms with Crippen LogP contribution in [-0.4, -0.2) is 34.6 Å². The van der Waals surface area contributed by atoms with Gasteiger partial charge in [-0.25, -0.2) is 0 Å². The van der Waals surface area contributed by atoms with Crippen molar-refractivity contribution in [1.82, 2.24) is 4.98 Å². The van der Waals surface area contributed by atoms with E-state index >= 15 is 0 Å². The van der Waals surface area contributed by atoms with Gasteiger partial charge in [-0.05, 0) is 72.7 Å². The number of anilines is 2. The third-order valence-electron chi connectivity index (χ3n) is 9.90. The van der Waals surface area contributed by atoms with E-state index in [9.17, 15) is 32.3 Å². The number of alkyl halides is 3. The lowest BCUT2D eigenvalue weighted by atomic mass is 9.68. The Bertz CT molecular complexity index is 2030. The molecule has 1 aromatic heterocycles. The molecular formula is C34H25ClF3N3O5S2. The molecule has 8 nitrogen and oxygen atoms in total. The third-order valence-corrected chi connectivity index (χ3v) is 12.7. The summed E-state index contributed by atoms with van der Waals surface area (Å²) in [7, 11) is 0. The van der Waals surface area contributed by atoms with E-state index in [-0.39, 0.29) is 52.0 Å². The fourth-order valence-electron chi connectivity index (χ4n) is 8.18. The van der Waals surface area contributed by atoms with Crippen LogP contribution >= 0.6 is 34.7 Å². The third kappa shape index (κ3) is 5.05. The summed E-state index contributed by atoms with van der Waals surface area (Å²) in [5.41, 5.74) is 0.289. The van der Waals surface area contributed by atoms with Gasteiger partial charge in [0, 0.05) is 32.3 Å². The largest absolute Gasteiger partial charge is 0.483 e. The molecule has 2 N–H and O–H groups in total. The summed E-state index contributed by atoms with van der Waals surface area (Å²) in [6.45, 7) is -0.291. The molecule has 14 heteroatoms. The van der Waals surface area contributed by atoms with Gasteiger partial charge in [0.2, 0.25) is 11.8 Å². The average molecular weight is 712 g/mol. The van der Waals surface area contributed by atoms with Crippen molar-refractivity contribution >= 4 is 63.8 Å². The second-order valence-electron chi connectivity index (χ2n) is 12.4. The highest BCUT2D eigenvalue weighted by Crippen LogP contribution is 2.69.